The Morgan fingerprint density at radius 3 is 2.76 bits per heavy atom. The van der Waals surface area contributed by atoms with Crippen LogP contribution in [0.1, 0.15) is 49.4 Å². The Hall–Kier alpha value is -1.11. The van der Waals surface area contributed by atoms with Crippen LogP contribution in [0.5, 0.6) is 5.75 Å². The lowest BCUT2D eigenvalue weighted by Gasteiger charge is -2.29. The molecule has 1 unspecified atom stereocenters. The maximum Gasteiger partial charge on any atom is 0.254 e. The standard InChI is InChI=1S/C16H20INO3/c1-11(19)9-13-5-3-2-4-8-18(13)16(21)12-6-7-14(17)15(20)10-12/h6-7,10,13,20H,2-5,8-9H2,1H3. The van der Waals surface area contributed by atoms with Gasteiger partial charge in [-0.1, -0.05) is 12.8 Å². The van der Waals surface area contributed by atoms with E-state index in [0.717, 1.165) is 29.3 Å². The minimum atomic E-state index is -0.0881. The molecule has 1 aromatic rings. The molecule has 1 heterocycles. The number of halogens is 1. The number of ketones is 1. The van der Waals surface area contributed by atoms with Gasteiger partial charge in [0.2, 0.25) is 0 Å². The summed E-state index contributed by atoms with van der Waals surface area (Å²) in [5, 5.41) is 9.78. The third-order valence-electron chi connectivity index (χ3n) is 3.85. The summed E-state index contributed by atoms with van der Waals surface area (Å²) in [4.78, 5) is 26.0. The van der Waals surface area contributed by atoms with Crippen molar-refractivity contribution in [3.63, 3.8) is 0 Å². The number of hydrogen-bond donors (Lipinski definition) is 1. The van der Waals surface area contributed by atoms with E-state index in [2.05, 4.69) is 0 Å². The highest BCUT2D eigenvalue weighted by molar-refractivity contribution is 14.1. The van der Waals surface area contributed by atoms with Crippen LogP contribution >= 0.6 is 22.6 Å². The first-order chi connectivity index (χ1) is 9.99. The topological polar surface area (TPSA) is 57.6 Å². The number of carbonyl (C=O) groups is 2. The van der Waals surface area contributed by atoms with E-state index in [1.807, 2.05) is 27.5 Å². The van der Waals surface area contributed by atoms with Gasteiger partial charge in [0.1, 0.15) is 11.5 Å². The number of aromatic hydroxyl groups is 1. The number of carbonyl (C=O) groups excluding carboxylic acids is 2. The van der Waals surface area contributed by atoms with Gasteiger partial charge in [0.25, 0.3) is 5.91 Å². The summed E-state index contributed by atoms with van der Waals surface area (Å²) < 4.78 is 0.723. The molecule has 5 heteroatoms. The van der Waals surface area contributed by atoms with Crippen molar-refractivity contribution in [3.05, 3.63) is 27.3 Å². The van der Waals surface area contributed by atoms with E-state index in [4.69, 9.17) is 0 Å². The minimum absolute atomic E-state index is 0.0149. The number of amides is 1. The normalized spacial score (nSPS) is 19.1. The Labute approximate surface area is 138 Å². The van der Waals surface area contributed by atoms with E-state index < -0.39 is 0 Å². The van der Waals surface area contributed by atoms with Gasteiger partial charge in [-0.05, 0) is 60.6 Å². The number of hydrogen-bond acceptors (Lipinski definition) is 3. The number of nitrogens with zero attached hydrogens (tertiary/aromatic N) is 1. The van der Waals surface area contributed by atoms with E-state index in [0.29, 0.717) is 18.5 Å². The predicted octanol–water partition coefficient (Wildman–Crippen LogP) is 3.36. The molecule has 0 aliphatic carbocycles. The number of benzene rings is 1. The van der Waals surface area contributed by atoms with Gasteiger partial charge in [-0.3, -0.25) is 9.59 Å². The summed E-state index contributed by atoms with van der Waals surface area (Å²) in [5.41, 5.74) is 0.489. The molecule has 2 rings (SSSR count). The van der Waals surface area contributed by atoms with Crippen molar-refractivity contribution in [1.82, 2.24) is 4.90 Å². The van der Waals surface area contributed by atoms with Crippen molar-refractivity contribution in [1.29, 1.82) is 0 Å². The van der Waals surface area contributed by atoms with Crippen LogP contribution in [0.15, 0.2) is 18.2 Å². The minimum Gasteiger partial charge on any atom is -0.507 e. The molecule has 1 fully saturated rings. The van der Waals surface area contributed by atoms with Crippen LogP contribution in [0.4, 0.5) is 0 Å². The molecule has 0 aromatic heterocycles. The highest BCUT2D eigenvalue weighted by Crippen LogP contribution is 2.25. The molecule has 21 heavy (non-hydrogen) atoms. The third-order valence-corrected chi connectivity index (χ3v) is 4.77. The Kier molecular flexibility index (Phi) is 5.61. The molecule has 0 bridgehead atoms. The molecular formula is C16H20INO3. The maximum atomic E-state index is 12.7. The lowest BCUT2D eigenvalue weighted by atomic mass is 10.0. The fourth-order valence-electron chi connectivity index (χ4n) is 2.80. The van der Waals surface area contributed by atoms with Gasteiger partial charge in [-0.15, -0.1) is 0 Å². The Morgan fingerprint density at radius 1 is 1.33 bits per heavy atom. The second kappa shape index (κ2) is 7.24. The third kappa shape index (κ3) is 4.18. The maximum absolute atomic E-state index is 12.7. The number of likely N-dealkylation sites (tertiary alicyclic amines) is 1. The molecule has 1 aliphatic heterocycles. The second-order valence-corrected chi connectivity index (χ2v) is 6.74. The van der Waals surface area contributed by atoms with E-state index in [1.54, 1.807) is 19.1 Å². The molecule has 1 aromatic carbocycles. The lowest BCUT2D eigenvalue weighted by molar-refractivity contribution is -0.118. The largest absolute Gasteiger partial charge is 0.507 e. The monoisotopic (exact) mass is 401 g/mol. The van der Waals surface area contributed by atoms with E-state index >= 15 is 0 Å². The smallest absolute Gasteiger partial charge is 0.254 e. The summed E-state index contributed by atoms with van der Waals surface area (Å²) in [6, 6.07) is 4.97. The number of phenolic OH excluding ortho intramolecular Hbond substituents is 1. The zero-order valence-electron chi connectivity index (χ0n) is 12.1. The van der Waals surface area contributed by atoms with Crippen molar-refractivity contribution >= 4 is 34.3 Å². The van der Waals surface area contributed by atoms with Crippen LogP contribution < -0.4 is 0 Å². The number of Topliss-reactive ketones (excluding diaryl/α,β-unsaturated/α-hetero) is 1. The molecule has 1 saturated heterocycles. The SMILES string of the molecule is CC(=O)CC1CCCCCN1C(=O)c1ccc(I)c(O)c1. The van der Waals surface area contributed by atoms with E-state index in [9.17, 15) is 14.7 Å². The van der Waals surface area contributed by atoms with Gasteiger partial charge in [0, 0.05) is 24.6 Å². The summed E-state index contributed by atoms with van der Waals surface area (Å²) in [7, 11) is 0. The average molecular weight is 401 g/mol. The Bertz CT molecular complexity index is 544. The first-order valence-electron chi connectivity index (χ1n) is 7.28. The zero-order chi connectivity index (χ0) is 15.4. The fourth-order valence-corrected chi connectivity index (χ4v) is 3.14. The summed E-state index contributed by atoms with van der Waals surface area (Å²) in [6.07, 6.45) is 4.41. The van der Waals surface area contributed by atoms with Gasteiger partial charge >= 0.3 is 0 Å². The van der Waals surface area contributed by atoms with Gasteiger partial charge < -0.3 is 10.0 Å². The van der Waals surface area contributed by atoms with E-state index in [1.165, 1.54) is 6.07 Å². The van der Waals surface area contributed by atoms with Crippen molar-refractivity contribution in [3.8, 4) is 5.75 Å². The van der Waals surface area contributed by atoms with Crippen LogP contribution in [0.25, 0.3) is 0 Å². The fraction of sp³-hybridized carbons (Fsp3) is 0.500. The van der Waals surface area contributed by atoms with Crippen molar-refractivity contribution in [2.75, 3.05) is 6.54 Å². The first kappa shape index (κ1) is 16.3. The molecule has 4 nitrogen and oxygen atoms in total. The van der Waals surface area contributed by atoms with Crippen LogP contribution in [0, 0.1) is 3.57 Å². The molecule has 1 atom stereocenters. The molecule has 1 amide bonds. The molecular weight excluding hydrogens is 381 g/mol. The van der Waals surface area contributed by atoms with Crippen molar-refractivity contribution < 1.29 is 14.7 Å². The number of rotatable bonds is 3. The molecule has 0 radical (unpaired) electrons. The van der Waals surface area contributed by atoms with Gasteiger partial charge in [-0.25, -0.2) is 0 Å². The highest BCUT2D eigenvalue weighted by Gasteiger charge is 2.27. The van der Waals surface area contributed by atoms with Gasteiger partial charge in [-0.2, -0.15) is 0 Å². The Balaban J connectivity index is 2.23. The lowest BCUT2D eigenvalue weighted by Crippen LogP contribution is -2.41. The molecule has 1 aliphatic rings. The van der Waals surface area contributed by atoms with Crippen LogP contribution in [0.2, 0.25) is 0 Å². The molecule has 114 valence electrons. The second-order valence-electron chi connectivity index (χ2n) is 5.57. The van der Waals surface area contributed by atoms with Crippen LogP contribution in [0.3, 0.4) is 0 Å². The highest BCUT2D eigenvalue weighted by atomic mass is 127. The van der Waals surface area contributed by atoms with Crippen LogP contribution in [-0.4, -0.2) is 34.3 Å². The van der Waals surface area contributed by atoms with Gasteiger partial charge in [0.05, 0.1) is 3.57 Å². The van der Waals surface area contributed by atoms with E-state index in [-0.39, 0.29) is 23.5 Å². The van der Waals surface area contributed by atoms with Crippen molar-refractivity contribution in [2.24, 2.45) is 0 Å². The zero-order valence-corrected chi connectivity index (χ0v) is 14.3. The summed E-state index contributed by atoms with van der Waals surface area (Å²) >= 11 is 2.03. The summed E-state index contributed by atoms with van der Waals surface area (Å²) in [6.45, 7) is 2.26. The summed E-state index contributed by atoms with van der Waals surface area (Å²) in [5.74, 6) is 0.152. The average Bonchev–Trinajstić information content (AvgIpc) is 2.66. The molecule has 1 N–H and O–H groups in total. The Morgan fingerprint density at radius 2 is 2.10 bits per heavy atom. The van der Waals surface area contributed by atoms with Gasteiger partial charge in [0.15, 0.2) is 0 Å². The molecule has 0 saturated carbocycles. The molecule has 0 spiro atoms. The van der Waals surface area contributed by atoms with Crippen LogP contribution in [-0.2, 0) is 4.79 Å². The number of phenols is 1. The first-order valence-corrected chi connectivity index (χ1v) is 8.36. The quantitative estimate of drug-likeness (QED) is 0.791. The predicted molar refractivity (Wildman–Crippen MR) is 89.4 cm³/mol. The van der Waals surface area contributed by atoms with Crippen molar-refractivity contribution in [2.45, 2.75) is 45.1 Å².